The van der Waals surface area contributed by atoms with Gasteiger partial charge in [-0.05, 0) is 31.5 Å². The number of para-hydroxylation sites is 1. The summed E-state index contributed by atoms with van der Waals surface area (Å²) in [5.41, 5.74) is 2.16. The van der Waals surface area contributed by atoms with E-state index >= 15 is 0 Å². The van der Waals surface area contributed by atoms with Crippen LogP contribution in [0.2, 0.25) is 0 Å². The third kappa shape index (κ3) is 3.02. The molecule has 1 N–H and O–H groups in total. The van der Waals surface area contributed by atoms with Crippen LogP contribution in [-0.2, 0) is 4.79 Å². The number of aryl methyl sites for hydroxylation is 2. The minimum Gasteiger partial charge on any atom is -0.503 e. The Labute approximate surface area is 177 Å². The first-order valence-electron chi connectivity index (χ1n) is 9.74. The lowest BCUT2D eigenvalue weighted by molar-refractivity contribution is -0.117. The number of hydrogen-bond donors (Lipinski definition) is 1. The number of ketones is 1. The number of rotatable bonds is 4. The molecule has 1 aliphatic rings. The van der Waals surface area contributed by atoms with Crippen molar-refractivity contribution in [1.29, 1.82) is 0 Å². The van der Waals surface area contributed by atoms with Crippen LogP contribution in [0.25, 0.3) is 11.0 Å². The van der Waals surface area contributed by atoms with Gasteiger partial charge in [0.15, 0.2) is 17.3 Å². The van der Waals surface area contributed by atoms with Crippen molar-refractivity contribution in [2.75, 3.05) is 4.90 Å². The van der Waals surface area contributed by atoms with Gasteiger partial charge in [-0.15, -0.1) is 0 Å². The molecule has 1 atom stereocenters. The summed E-state index contributed by atoms with van der Waals surface area (Å²) >= 11 is 0. The molecule has 5 rings (SSSR count). The van der Waals surface area contributed by atoms with E-state index in [1.165, 1.54) is 4.90 Å². The number of hydrogen-bond acceptors (Lipinski definition) is 6. The number of Topliss-reactive ketones (excluding diaryl/α,β-unsaturated/α-hetero) is 1. The molecule has 0 bridgehead atoms. The predicted octanol–water partition coefficient (Wildman–Crippen LogP) is 4.82. The van der Waals surface area contributed by atoms with Crippen LogP contribution in [-0.4, -0.2) is 22.0 Å². The topological polar surface area (TPSA) is 96.8 Å². The monoisotopic (exact) mass is 414 g/mol. The molecular formula is C24H18N2O5. The van der Waals surface area contributed by atoms with Gasteiger partial charge in [-0.3, -0.25) is 14.5 Å². The second-order valence-electron chi connectivity index (χ2n) is 7.52. The lowest BCUT2D eigenvalue weighted by Gasteiger charge is -2.24. The van der Waals surface area contributed by atoms with Crippen molar-refractivity contribution in [2.24, 2.45) is 0 Å². The molecule has 4 aromatic rings. The lowest BCUT2D eigenvalue weighted by atomic mass is 9.94. The second-order valence-corrected chi connectivity index (χ2v) is 7.52. The quantitative estimate of drug-likeness (QED) is 0.481. The molecule has 1 amide bonds. The van der Waals surface area contributed by atoms with E-state index in [-0.39, 0.29) is 17.2 Å². The van der Waals surface area contributed by atoms with E-state index in [0.717, 1.165) is 10.9 Å². The molecule has 7 nitrogen and oxygen atoms in total. The highest BCUT2D eigenvalue weighted by atomic mass is 16.5. The van der Waals surface area contributed by atoms with Crippen LogP contribution in [0, 0.1) is 13.8 Å². The standard InChI is InChI=1S/C24H18N2O5/c1-13-7-9-15(10-8-13)21-20(22(27)18-12-16-5-3-4-6-17(16)30-18)23(28)24(29)26(21)19-11-14(2)31-25-19/h3-12,21,28H,1-2H3/t21-/m1/s1. The largest absolute Gasteiger partial charge is 0.503 e. The number of aromatic nitrogens is 1. The van der Waals surface area contributed by atoms with Crippen molar-refractivity contribution in [2.45, 2.75) is 19.9 Å². The first kappa shape index (κ1) is 18.9. The van der Waals surface area contributed by atoms with Crippen LogP contribution in [0.1, 0.15) is 33.5 Å². The van der Waals surface area contributed by atoms with Gasteiger partial charge in [0.2, 0.25) is 5.78 Å². The minimum absolute atomic E-state index is 0.0471. The Hall–Kier alpha value is -4.13. The van der Waals surface area contributed by atoms with Crippen molar-refractivity contribution in [1.82, 2.24) is 5.16 Å². The van der Waals surface area contributed by atoms with Crippen LogP contribution in [0.15, 0.2) is 80.9 Å². The number of aliphatic hydroxyl groups excluding tert-OH is 1. The van der Waals surface area contributed by atoms with Gasteiger partial charge in [-0.25, -0.2) is 0 Å². The van der Waals surface area contributed by atoms with Crippen molar-refractivity contribution in [3.63, 3.8) is 0 Å². The highest BCUT2D eigenvalue weighted by molar-refractivity contribution is 6.20. The van der Waals surface area contributed by atoms with E-state index < -0.39 is 23.5 Å². The fourth-order valence-electron chi connectivity index (χ4n) is 3.83. The molecule has 2 aromatic carbocycles. The maximum absolute atomic E-state index is 13.5. The molecule has 31 heavy (non-hydrogen) atoms. The number of carbonyl (C=O) groups excluding carboxylic acids is 2. The van der Waals surface area contributed by atoms with Gasteiger partial charge in [-0.2, -0.15) is 0 Å². The molecule has 154 valence electrons. The predicted molar refractivity (Wildman–Crippen MR) is 113 cm³/mol. The third-order valence-corrected chi connectivity index (χ3v) is 5.36. The summed E-state index contributed by atoms with van der Waals surface area (Å²) in [5, 5.41) is 15.4. The first-order chi connectivity index (χ1) is 14.9. The highest BCUT2D eigenvalue weighted by Gasteiger charge is 2.46. The Kier molecular flexibility index (Phi) is 4.25. The van der Waals surface area contributed by atoms with Crippen molar-refractivity contribution < 1.29 is 23.6 Å². The molecule has 0 unspecified atom stereocenters. The number of carbonyl (C=O) groups is 2. The summed E-state index contributed by atoms with van der Waals surface area (Å²) in [5.74, 6) is -1.15. The van der Waals surface area contributed by atoms with Gasteiger partial charge < -0.3 is 14.0 Å². The average molecular weight is 414 g/mol. The zero-order chi connectivity index (χ0) is 21.7. The zero-order valence-corrected chi connectivity index (χ0v) is 16.8. The SMILES string of the molecule is Cc1ccc([C@@H]2C(C(=O)c3cc4ccccc4o3)=C(O)C(=O)N2c2cc(C)on2)cc1. The molecule has 0 saturated carbocycles. The van der Waals surface area contributed by atoms with Crippen LogP contribution < -0.4 is 4.90 Å². The van der Waals surface area contributed by atoms with Gasteiger partial charge >= 0.3 is 0 Å². The fourth-order valence-corrected chi connectivity index (χ4v) is 3.83. The number of fused-ring (bicyclic) bond motifs is 1. The van der Waals surface area contributed by atoms with E-state index in [4.69, 9.17) is 8.94 Å². The van der Waals surface area contributed by atoms with Gasteiger partial charge in [0, 0.05) is 11.5 Å². The average Bonchev–Trinajstić information content (AvgIpc) is 3.45. The molecule has 0 spiro atoms. The molecule has 2 aromatic heterocycles. The van der Waals surface area contributed by atoms with Crippen LogP contribution in [0.5, 0.6) is 0 Å². The van der Waals surface area contributed by atoms with E-state index in [0.29, 0.717) is 16.9 Å². The molecule has 0 aliphatic carbocycles. The maximum atomic E-state index is 13.5. The fraction of sp³-hybridized carbons (Fsp3) is 0.125. The van der Waals surface area contributed by atoms with Gasteiger partial charge in [0.05, 0.1) is 11.6 Å². The van der Waals surface area contributed by atoms with E-state index in [9.17, 15) is 14.7 Å². The van der Waals surface area contributed by atoms with Crippen molar-refractivity contribution >= 4 is 28.5 Å². The maximum Gasteiger partial charge on any atom is 0.295 e. The number of amides is 1. The summed E-state index contributed by atoms with van der Waals surface area (Å²) in [7, 11) is 0. The summed E-state index contributed by atoms with van der Waals surface area (Å²) in [6, 6.07) is 16.9. The van der Waals surface area contributed by atoms with Crippen molar-refractivity contribution in [3.05, 3.63) is 94.6 Å². The van der Waals surface area contributed by atoms with Crippen LogP contribution >= 0.6 is 0 Å². The lowest BCUT2D eigenvalue weighted by Crippen LogP contribution is -2.31. The molecular weight excluding hydrogens is 396 g/mol. The number of nitrogens with zero attached hydrogens (tertiary/aromatic N) is 2. The number of aliphatic hydroxyl groups is 1. The molecule has 0 fully saturated rings. The molecule has 0 saturated heterocycles. The minimum atomic E-state index is -0.877. The first-order valence-corrected chi connectivity index (χ1v) is 9.74. The smallest absolute Gasteiger partial charge is 0.295 e. The Balaban J connectivity index is 1.66. The number of anilines is 1. The molecule has 0 radical (unpaired) electrons. The zero-order valence-electron chi connectivity index (χ0n) is 16.8. The van der Waals surface area contributed by atoms with E-state index in [2.05, 4.69) is 5.16 Å². The van der Waals surface area contributed by atoms with Gasteiger partial charge in [0.1, 0.15) is 11.3 Å². The summed E-state index contributed by atoms with van der Waals surface area (Å²) in [4.78, 5) is 27.8. The normalized spacial score (nSPS) is 16.5. The Morgan fingerprint density at radius 3 is 2.48 bits per heavy atom. The van der Waals surface area contributed by atoms with Crippen molar-refractivity contribution in [3.8, 4) is 0 Å². The van der Waals surface area contributed by atoms with E-state index in [1.54, 1.807) is 31.2 Å². The van der Waals surface area contributed by atoms with Crippen LogP contribution in [0.4, 0.5) is 5.82 Å². The highest BCUT2D eigenvalue weighted by Crippen LogP contribution is 2.42. The molecule has 3 heterocycles. The number of benzene rings is 2. The van der Waals surface area contributed by atoms with Gasteiger partial charge in [-0.1, -0.05) is 53.2 Å². The summed E-state index contributed by atoms with van der Waals surface area (Å²) < 4.78 is 10.9. The third-order valence-electron chi connectivity index (χ3n) is 5.36. The summed E-state index contributed by atoms with van der Waals surface area (Å²) in [6.45, 7) is 3.64. The van der Waals surface area contributed by atoms with E-state index in [1.807, 2.05) is 43.3 Å². The second kappa shape index (κ2) is 6.98. The summed E-state index contributed by atoms with van der Waals surface area (Å²) in [6.07, 6.45) is 0. The Morgan fingerprint density at radius 1 is 1.06 bits per heavy atom. The number of furan rings is 1. The molecule has 1 aliphatic heterocycles. The Bertz CT molecular complexity index is 1330. The molecule has 7 heteroatoms. The Morgan fingerprint density at radius 2 is 1.81 bits per heavy atom. The van der Waals surface area contributed by atoms with Crippen LogP contribution in [0.3, 0.4) is 0 Å². The van der Waals surface area contributed by atoms with Gasteiger partial charge in [0.25, 0.3) is 5.91 Å².